The van der Waals surface area contributed by atoms with Crippen molar-refractivity contribution in [1.82, 2.24) is 24.1 Å². The van der Waals surface area contributed by atoms with Crippen LogP contribution in [0.25, 0.3) is 111 Å². The Hall–Kier alpha value is -8.15. The molecule has 3 heterocycles. The van der Waals surface area contributed by atoms with Gasteiger partial charge in [0.05, 0.1) is 27.8 Å². The van der Waals surface area contributed by atoms with E-state index in [4.69, 9.17) is 15.0 Å². The summed E-state index contributed by atoms with van der Waals surface area (Å²) in [5, 5.41) is 7.05. The Morgan fingerprint density at radius 2 is 0.783 bits per heavy atom. The van der Waals surface area contributed by atoms with E-state index in [2.05, 4.69) is 197 Å². The molecule has 0 N–H and O–H groups in total. The van der Waals surface area contributed by atoms with Crippen LogP contribution in [0.3, 0.4) is 0 Å². The van der Waals surface area contributed by atoms with Gasteiger partial charge in [-0.1, -0.05) is 170 Å². The van der Waals surface area contributed by atoms with Crippen molar-refractivity contribution in [1.29, 1.82) is 0 Å². The Morgan fingerprint density at radius 1 is 0.283 bits per heavy atom. The number of para-hydroxylation sites is 3. The fourth-order valence-corrected chi connectivity index (χ4v) is 9.07. The van der Waals surface area contributed by atoms with Crippen LogP contribution < -0.4 is 0 Å². The van der Waals surface area contributed by atoms with E-state index >= 15 is 0 Å². The number of aromatic nitrogens is 5. The number of hydrogen-bond donors (Lipinski definition) is 0. The second-order valence-electron chi connectivity index (χ2n) is 15.2. The molecule has 12 rings (SSSR count). The molecule has 0 saturated heterocycles. The molecule has 0 aliphatic heterocycles. The van der Waals surface area contributed by atoms with Crippen molar-refractivity contribution in [3.8, 4) is 56.7 Å². The summed E-state index contributed by atoms with van der Waals surface area (Å²) < 4.78 is 4.87. The summed E-state index contributed by atoms with van der Waals surface area (Å²) in [6.45, 7) is 0. The van der Waals surface area contributed by atoms with E-state index in [0.29, 0.717) is 17.5 Å². The van der Waals surface area contributed by atoms with Gasteiger partial charge in [-0.05, 0) is 59.0 Å². The smallest absolute Gasteiger partial charge is 0.164 e. The van der Waals surface area contributed by atoms with Gasteiger partial charge in [-0.3, -0.25) is 0 Å². The minimum absolute atomic E-state index is 0.629. The van der Waals surface area contributed by atoms with Crippen molar-refractivity contribution >= 4 is 54.4 Å². The molecule has 0 radical (unpaired) electrons. The van der Waals surface area contributed by atoms with Crippen LogP contribution in [-0.2, 0) is 0 Å². The van der Waals surface area contributed by atoms with Crippen LogP contribution >= 0.6 is 0 Å². The third-order valence-corrected chi connectivity index (χ3v) is 11.8. The van der Waals surface area contributed by atoms with E-state index in [1.165, 1.54) is 43.7 Å². The lowest BCUT2D eigenvalue weighted by molar-refractivity contribution is 1.08. The van der Waals surface area contributed by atoms with Crippen LogP contribution in [0.1, 0.15) is 0 Å². The second kappa shape index (κ2) is 13.8. The molecule has 0 unspecified atom stereocenters. The molecule has 0 amide bonds. The van der Waals surface area contributed by atoms with Crippen molar-refractivity contribution in [2.24, 2.45) is 0 Å². The Morgan fingerprint density at radius 3 is 1.48 bits per heavy atom. The number of benzene rings is 9. The van der Waals surface area contributed by atoms with Gasteiger partial charge in [0, 0.05) is 49.3 Å². The normalized spacial score (nSPS) is 11.7. The molecule has 9 aromatic carbocycles. The van der Waals surface area contributed by atoms with Gasteiger partial charge >= 0.3 is 0 Å². The topological polar surface area (TPSA) is 48.5 Å². The molecule has 3 aromatic heterocycles. The SMILES string of the molecule is c1ccc(-c2ccc(-c3nc(-c4ccccc4)nc(-c4ccc(-n5c6ccccc6c6ccc7c(c8ccccc8n7-c7ccccc7)c65)c5ccccc45)n3)cc2)cc1. The largest absolute Gasteiger partial charge is 0.309 e. The Balaban J connectivity index is 1.10. The molecule has 0 bridgehead atoms. The van der Waals surface area contributed by atoms with Crippen LogP contribution in [0, 0.1) is 0 Å². The zero-order valence-electron chi connectivity index (χ0n) is 32.4. The highest BCUT2D eigenvalue weighted by Gasteiger charge is 2.23. The molecule has 12 aromatic rings. The maximum atomic E-state index is 5.22. The standard InChI is InChI=1S/C55H35N5/c1-4-16-36(17-5-1)37-28-30-39(31-29-37)54-56-53(38-18-6-2-7-19-38)57-55(58-54)45-33-34-49(42-23-11-10-22-41(42)45)60-47-26-14-12-24-43(47)44-32-35-50-51(52(44)60)46-25-13-15-27-48(46)59(50)40-20-8-3-9-21-40/h1-35H. The lowest BCUT2D eigenvalue weighted by Gasteiger charge is -2.16. The first-order valence-corrected chi connectivity index (χ1v) is 20.3. The fourth-order valence-electron chi connectivity index (χ4n) is 9.07. The van der Waals surface area contributed by atoms with Gasteiger partial charge in [-0.2, -0.15) is 0 Å². The van der Waals surface area contributed by atoms with Crippen LogP contribution in [0.5, 0.6) is 0 Å². The molecular weight excluding hydrogens is 731 g/mol. The molecule has 280 valence electrons. The molecule has 5 nitrogen and oxygen atoms in total. The number of hydrogen-bond acceptors (Lipinski definition) is 3. The summed E-state index contributed by atoms with van der Waals surface area (Å²) in [6, 6.07) is 75.0. The maximum absolute atomic E-state index is 5.22. The van der Waals surface area contributed by atoms with Crippen molar-refractivity contribution in [3.05, 3.63) is 212 Å². The highest BCUT2D eigenvalue weighted by atomic mass is 15.0. The van der Waals surface area contributed by atoms with Crippen LogP contribution in [0.4, 0.5) is 0 Å². The Bertz CT molecular complexity index is 3570. The first-order valence-electron chi connectivity index (χ1n) is 20.3. The van der Waals surface area contributed by atoms with Gasteiger partial charge in [0.15, 0.2) is 17.5 Å². The Labute approximate surface area is 346 Å². The molecule has 0 aliphatic rings. The van der Waals surface area contributed by atoms with Crippen molar-refractivity contribution in [2.75, 3.05) is 0 Å². The minimum Gasteiger partial charge on any atom is -0.309 e. The van der Waals surface area contributed by atoms with Crippen molar-refractivity contribution in [3.63, 3.8) is 0 Å². The highest BCUT2D eigenvalue weighted by Crippen LogP contribution is 2.44. The van der Waals surface area contributed by atoms with Gasteiger partial charge in [0.25, 0.3) is 0 Å². The zero-order valence-corrected chi connectivity index (χ0v) is 32.4. The maximum Gasteiger partial charge on any atom is 0.164 e. The number of fused-ring (bicyclic) bond motifs is 8. The first-order chi connectivity index (χ1) is 29.8. The molecule has 0 fully saturated rings. The third-order valence-electron chi connectivity index (χ3n) is 11.8. The summed E-state index contributed by atoms with van der Waals surface area (Å²) in [7, 11) is 0. The first kappa shape index (κ1) is 33.9. The highest BCUT2D eigenvalue weighted by molar-refractivity contribution is 6.26. The number of rotatable bonds is 6. The average molecular weight is 766 g/mol. The minimum atomic E-state index is 0.629. The second-order valence-corrected chi connectivity index (χ2v) is 15.2. The van der Waals surface area contributed by atoms with Gasteiger partial charge in [0.2, 0.25) is 0 Å². The molecule has 0 saturated carbocycles. The molecular formula is C55H35N5. The van der Waals surface area contributed by atoms with E-state index in [9.17, 15) is 0 Å². The summed E-state index contributed by atoms with van der Waals surface area (Å²) >= 11 is 0. The Kier molecular flexibility index (Phi) is 7.78. The summed E-state index contributed by atoms with van der Waals surface area (Å²) in [5.41, 5.74) is 12.1. The third kappa shape index (κ3) is 5.37. The summed E-state index contributed by atoms with van der Waals surface area (Å²) in [6.07, 6.45) is 0. The van der Waals surface area contributed by atoms with Gasteiger partial charge < -0.3 is 9.13 Å². The molecule has 0 aliphatic carbocycles. The predicted octanol–water partition coefficient (Wildman–Crippen LogP) is 13.9. The van der Waals surface area contributed by atoms with E-state index in [-0.39, 0.29) is 0 Å². The molecule has 0 spiro atoms. The van der Waals surface area contributed by atoms with Crippen molar-refractivity contribution < 1.29 is 0 Å². The van der Waals surface area contributed by atoms with Gasteiger partial charge in [-0.25, -0.2) is 15.0 Å². The lowest BCUT2D eigenvalue weighted by Crippen LogP contribution is -2.02. The van der Waals surface area contributed by atoms with Crippen LogP contribution in [0.15, 0.2) is 212 Å². The van der Waals surface area contributed by atoms with Crippen LogP contribution in [0.2, 0.25) is 0 Å². The average Bonchev–Trinajstić information content (AvgIpc) is 3.85. The molecule has 5 heteroatoms. The number of nitrogens with zero attached hydrogens (tertiary/aromatic N) is 5. The van der Waals surface area contributed by atoms with E-state index in [0.717, 1.165) is 49.9 Å². The van der Waals surface area contributed by atoms with E-state index < -0.39 is 0 Å². The van der Waals surface area contributed by atoms with Gasteiger partial charge in [0.1, 0.15) is 0 Å². The van der Waals surface area contributed by atoms with E-state index in [1.54, 1.807) is 0 Å². The van der Waals surface area contributed by atoms with E-state index in [1.807, 2.05) is 24.3 Å². The lowest BCUT2D eigenvalue weighted by atomic mass is 10.0. The quantitative estimate of drug-likeness (QED) is 0.169. The van der Waals surface area contributed by atoms with Crippen molar-refractivity contribution in [2.45, 2.75) is 0 Å². The summed E-state index contributed by atoms with van der Waals surface area (Å²) in [5.74, 6) is 1.89. The zero-order chi connectivity index (χ0) is 39.6. The predicted molar refractivity (Wildman–Crippen MR) is 248 cm³/mol. The molecule has 60 heavy (non-hydrogen) atoms. The summed E-state index contributed by atoms with van der Waals surface area (Å²) in [4.78, 5) is 15.5. The molecule has 0 atom stereocenters. The monoisotopic (exact) mass is 765 g/mol. The fraction of sp³-hybridized carbons (Fsp3) is 0. The van der Waals surface area contributed by atoms with Crippen LogP contribution in [-0.4, -0.2) is 24.1 Å². The van der Waals surface area contributed by atoms with Gasteiger partial charge in [-0.15, -0.1) is 0 Å².